The van der Waals surface area contributed by atoms with Crippen LogP contribution in [-0.4, -0.2) is 17.4 Å². The fourth-order valence-corrected chi connectivity index (χ4v) is 1.75. The first-order valence-electron chi connectivity index (χ1n) is 5.47. The Labute approximate surface area is 113 Å². The van der Waals surface area contributed by atoms with Crippen molar-refractivity contribution in [2.45, 2.75) is 25.4 Å². The molecule has 0 fully saturated rings. The molecule has 0 saturated carbocycles. The molecule has 1 aromatic rings. The van der Waals surface area contributed by atoms with Crippen molar-refractivity contribution in [1.29, 1.82) is 0 Å². The first-order valence-corrected chi connectivity index (χ1v) is 6.39. The van der Waals surface area contributed by atoms with Crippen LogP contribution in [0.15, 0.2) is 12.3 Å². The van der Waals surface area contributed by atoms with Crippen LogP contribution in [0.25, 0.3) is 0 Å². The van der Waals surface area contributed by atoms with E-state index in [1.165, 1.54) is 0 Å². The molecule has 1 N–H and O–H groups in total. The summed E-state index contributed by atoms with van der Waals surface area (Å²) in [7, 11) is 0. The van der Waals surface area contributed by atoms with Gasteiger partial charge in [-0.25, -0.2) is 4.98 Å². The molecule has 1 heterocycles. The van der Waals surface area contributed by atoms with E-state index in [0.717, 1.165) is 31.5 Å². The maximum atomic E-state index is 12.4. The third-order valence-electron chi connectivity index (χ3n) is 2.27. The highest BCUT2D eigenvalue weighted by Gasteiger charge is 2.31. The summed E-state index contributed by atoms with van der Waals surface area (Å²) >= 11 is 11.3. The Bertz CT molecular complexity index is 383. The van der Waals surface area contributed by atoms with Crippen molar-refractivity contribution in [3.8, 4) is 0 Å². The van der Waals surface area contributed by atoms with Gasteiger partial charge in [0.05, 0.1) is 10.6 Å². The molecular formula is C11H13Cl2F3N2. The van der Waals surface area contributed by atoms with E-state index in [2.05, 4.69) is 10.3 Å². The van der Waals surface area contributed by atoms with Gasteiger partial charge in [0, 0.05) is 18.6 Å². The van der Waals surface area contributed by atoms with Gasteiger partial charge in [0.1, 0.15) is 5.82 Å². The van der Waals surface area contributed by atoms with Crippen molar-refractivity contribution in [2.75, 3.05) is 17.7 Å². The molecule has 1 rings (SSSR count). The molecule has 0 saturated heterocycles. The van der Waals surface area contributed by atoms with Crippen molar-refractivity contribution in [1.82, 2.24) is 4.98 Å². The molecule has 0 unspecified atom stereocenters. The first kappa shape index (κ1) is 15.4. The molecule has 0 aliphatic heterocycles. The summed E-state index contributed by atoms with van der Waals surface area (Å²) < 4.78 is 37.1. The number of hydrogen-bond donors (Lipinski definition) is 1. The summed E-state index contributed by atoms with van der Waals surface area (Å²) in [5, 5.41) is 2.87. The lowest BCUT2D eigenvalue weighted by atomic mass is 10.2. The van der Waals surface area contributed by atoms with Gasteiger partial charge in [0.15, 0.2) is 0 Å². The number of nitrogens with zero attached hydrogens (tertiary/aromatic N) is 1. The molecule has 1 aromatic heterocycles. The maximum Gasteiger partial charge on any atom is 0.417 e. The summed E-state index contributed by atoms with van der Waals surface area (Å²) in [4.78, 5) is 3.67. The minimum absolute atomic E-state index is 0.0258. The lowest BCUT2D eigenvalue weighted by Crippen LogP contribution is -2.08. The number of nitrogens with one attached hydrogen (secondary N) is 1. The van der Waals surface area contributed by atoms with Gasteiger partial charge in [-0.3, -0.25) is 0 Å². The molecule has 7 heteroatoms. The molecule has 102 valence electrons. The zero-order valence-corrected chi connectivity index (χ0v) is 11.0. The number of unbranched alkanes of at least 4 members (excludes halogenated alkanes) is 2. The van der Waals surface area contributed by atoms with E-state index in [1.54, 1.807) is 0 Å². The van der Waals surface area contributed by atoms with Crippen LogP contribution >= 0.6 is 23.2 Å². The summed E-state index contributed by atoms with van der Waals surface area (Å²) in [6.07, 6.45) is -0.916. The van der Waals surface area contributed by atoms with Crippen molar-refractivity contribution in [2.24, 2.45) is 0 Å². The maximum absolute atomic E-state index is 12.4. The second kappa shape index (κ2) is 7.04. The Balaban J connectivity index is 2.53. The average molecular weight is 301 g/mol. The molecule has 0 radical (unpaired) electrons. The summed E-state index contributed by atoms with van der Waals surface area (Å²) in [5.41, 5.74) is -0.847. The van der Waals surface area contributed by atoms with Crippen LogP contribution in [0, 0.1) is 0 Å². The van der Waals surface area contributed by atoms with E-state index in [1.807, 2.05) is 0 Å². The highest BCUT2D eigenvalue weighted by Crippen LogP contribution is 2.32. The molecule has 0 spiro atoms. The molecule has 0 atom stereocenters. The molecule has 0 bridgehead atoms. The Morgan fingerprint density at radius 3 is 2.50 bits per heavy atom. The van der Waals surface area contributed by atoms with Gasteiger partial charge in [0.25, 0.3) is 0 Å². The Hall–Kier alpha value is -0.680. The molecule has 18 heavy (non-hydrogen) atoms. The van der Waals surface area contributed by atoms with E-state index >= 15 is 0 Å². The number of aromatic nitrogens is 1. The van der Waals surface area contributed by atoms with Gasteiger partial charge in [-0.1, -0.05) is 18.0 Å². The number of rotatable bonds is 6. The molecule has 0 aliphatic carbocycles. The number of pyridine rings is 1. The summed E-state index contributed by atoms with van der Waals surface area (Å²) in [6, 6.07) is 0.871. The Morgan fingerprint density at radius 2 is 1.94 bits per heavy atom. The van der Waals surface area contributed by atoms with Crippen LogP contribution in [0.1, 0.15) is 24.8 Å². The van der Waals surface area contributed by atoms with Crippen LogP contribution in [0.2, 0.25) is 5.02 Å². The molecule has 2 nitrogen and oxygen atoms in total. The van der Waals surface area contributed by atoms with Gasteiger partial charge >= 0.3 is 6.18 Å². The van der Waals surface area contributed by atoms with Crippen molar-refractivity contribution < 1.29 is 13.2 Å². The zero-order valence-electron chi connectivity index (χ0n) is 9.53. The van der Waals surface area contributed by atoms with E-state index in [9.17, 15) is 13.2 Å². The van der Waals surface area contributed by atoms with E-state index in [4.69, 9.17) is 23.2 Å². The fraction of sp³-hybridized carbons (Fsp3) is 0.545. The third kappa shape index (κ3) is 4.90. The molecule has 0 amide bonds. The highest BCUT2D eigenvalue weighted by molar-refractivity contribution is 6.32. The van der Waals surface area contributed by atoms with Crippen molar-refractivity contribution in [3.05, 3.63) is 22.8 Å². The van der Waals surface area contributed by atoms with Crippen LogP contribution in [0.3, 0.4) is 0 Å². The van der Waals surface area contributed by atoms with Crippen LogP contribution < -0.4 is 5.32 Å². The topological polar surface area (TPSA) is 24.9 Å². The fourth-order valence-electron chi connectivity index (χ4n) is 1.33. The Kier molecular flexibility index (Phi) is 6.02. The SMILES string of the molecule is FC(F)(F)c1cnc(NCCCCCCl)c(Cl)c1. The number of hydrogen-bond acceptors (Lipinski definition) is 2. The molecule has 0 aliphatic rings. The van der Waals surface area contributed by atoms with Gasteiger partial charge < -0.3 is 5.32 Å². The monoisotopic (exact) mass is 300 g/mol. The van der Waals surface area contributed by atoms with E-state index in [-0.39, 0.29) is 10.8 Å². The number of alkyl halides is 4. The largest absolute Gasteiger partial charge is 0.417 e. The number of anilines is 1. The van der Waals surface area contributed by atoms with Crippen LogP contribution in [0.5, 0.6) is 0 Å². The minimum atomic E-state index is -4.42. The van der Waals surface area contributed by atoms with Gasteiger partial charge in [-0.05, 0) is 18.9 Å². The van der Waals surface area contributed by atoms with Gasteiger partial charge in [-0.15, -0.1) is 11.6 Å². The third-order valence-corrected chi connectivity index (χ3v) is 2.83. The predicted octanol–water partition coefficient (Wildman–Crippen LogP) is 4.57. The quantitative estimate of drug-likeness (QED) is 0.615. The molecular weight excluding hydrogens is 288 g/mol. The first-order chi connectivity index (χ1) is 8.45. The summed E-state index contributed by atoms with van der Waals surface area (Å²) in [6.45, 7) is 0.606. The molecule has 0 aromatic carbocycles. The normalized spacial score (nSPS) is 11.6. The minimum Gasteiger partial charge on any atom is -0.369 e. The Morgan fingerprint density at radius 1 is 1.22 bits per heavy atom. The second-order valence-electron chi connectivity index (χ2n) is 3.73. The lowest BCUT2D eigenvalue weighted by molar-refractivity contribution is -0.137. The van der Waals surface area contributed by atoms with Gasteiger partial charge in [0.2, 0.25) is 0 Å². The van der Waals surface area contributed by atoms with Crippen molar-refractivity contribution in [3.63, 3.8) is 0 Å². The highest BCUT2D eigenvalue weighted by atomic mass is 35.5. The van der Waals surface area contributed by atoms with Gasteiger partial charge in [-0.2, -0.15) is 13.2 Å². The predicted molar refractivity (Wildman–Crippen MR) is 67.3 cm³/mol. The average Bonchev–Trinajstić information content (AvgIpc) is 2.29. The van der Waals surface area contributed by atoms with E-state index in [0.29, 0.717) is 12.4 Å². The van der Waals surface area contributed by atoms with Crippen LogP contribution in [-0.2, 0) is 6.18 Å². The second-order valence-corrected chi connectivity index (χ2v) is 4.51. The van der Waals surface area contributed by atoms with E-state index < -0.39 is 11.7 Å². The van der Waals surface area contributed by atoms with Crippen molar-refractivity contribution >= 4 is 29.0 Å². The standard InChI is InChI=1S/C11H13Cl2F3N2/c12-4-2-1-3-5-17-10-9(13)6-8(7-18-10)11(14,15)16/h6-7H,1-5H2,(H,17,18). The zero-order chi connectivity index (χ0) is 13.6. The van der Waals surface area contributed by atoms with Crippen LogP contribution in [0.4, 0.5) is 19.0 Å². The summed E-state index contributed by atoms with van der Waals surface area (Å²) in [5.74, 6) is 0.884. The smallest absolute Gasteiger partial charge is 0.369 e. The number of halogens is 5. The lowest BCUT2D eigenvalue weighted by Gasteiger charge is -2.10.